The molecule has 1 unspecified atom stereocenters. The van der Waals surface area contributed by atoms with Crippen molar-refractivity contribution in [1.29, 1.82) is 0 Å². The van der Waals surface area contributed by atoms with E-state index in [0.717, 1.165) is 24.8 Å². The molecule has 1 saturated carbocycles. The van der Waals surface area contributed by atoms with Gasteiger partial charge >= 0.3 is 0 Å². The Bertz CT molecular complexity index is 452. The van der Waals surface area contributed by atoms with E-state index in [4.69, 9.17) is 4.74 Å². The Morgan fingerprint density at radius 1 is 1.43 bits per heavy atom. The number of aromatic nitrogens is 2. The number of rotatable bonds is 5. The Morgan fingerprint density at radius 2 is 2.29 bits per heavy atom. The predicted octanol–water partition coefficient (Wildman–Crippen LogP) is 2.34. The van der Waals surface area contributed by atoms with Crippen LogP contribution in [0.25, 0.3) is 0 Å². The van der Waals surface area contributed by atoms with Crippen molar-refractivity contribution in [3.05, 3.63) is 18.0 Å². The number of H-pyrrole nitrogens is 1. The first kappa shape index (κ1) is 14.6. The first-order valence-corrected chi connectivity index (χ1v) is 8.17. The Balaban J connectivity index is 1.37. The molecule has 2 N–H and O–H groups in total. The lowest BCUT2D eigenvalue weighted by molar-refractivity contribution is -0.121. The van der Waals surface area contributed by atoms with Crippen molar-refractivity contribution in [2.24, 2.45) is 0 Å². The van der Waals surface area contributed by atoms with Gasteiger partial charge in [0, 0.05) is 12.6 Å². The lowest BCUT2D eigenvalue weighted by Gasteiger charge is -2.32. The molecule has 2 aliphatic rings. The molecule has 1 aliphatic carbocycles. The van der Waals surface area contributed by atoms with Crippen molar-refractivity contribution in [2.75, 3.05) is 6.61 Å². The number of nitrogens with zero attached hydrogens (tertiary/aromatic N) is 1. The fourth-order valence-electron chi connectivity index (χ4n) is 3.65. The van der Waals surface area contributed by atoms with Crippen LogP contribution in [-0.4, -0.2) is 34.4 Å². The molecule has 5 heteroatoms. The number of aryl methyl sites for hydroxylation is 1. The molecule has 1 atom stereocenters. The Hall–Kier alpha value is -1.36. The van der Waals surface area contributed by atoms with E-state index in [9.17, 15) is 4.79 Å². The highest BCUT2D eigenvalue weighted by atomic mass is 16.5. The third-order valence-corrected chi connectivity index (χ3v) is 4.76. The first-order chi connectivity index (χ1) is 10.3. The summed E-state index contributed by atoms with van der Waals surface area (Å²) in [6.45, 7) is 0.688. The first-order valence-electron chi connectivity index (χ1n) is 8.17. The van der Waals surface area contributed by atoms with E-state index < -0.39 is 0 Å². The lowest BCUT2D eigenvalue weighted by atomic mass is 9.82. The average Bonchev–Trinajstić information content (AvgIpc) is 3.11. The number of nitrogens with one attached hydrogen (secondary N) is 2. The molecule has 21 heavy (non-hydrogen) atoms. The maximum Gasteiger partial charge on any atom is 0.220 e. The van der Waals surface area contributed by atoms with Crippen molar-refractivity contribution < 1.29 is 9.53 Å². The van der Waals surface area contributed by atoms with E-state index >= 15 is 0 Å². The molecule has 2 fully saturated rings. The summed E-state index contributed by atoms with van der Waals surface area (Å²) in [6.07, 6.45) is 13.2. The third-order valence-electron chi connectivity index (χ3n) is 4.76. The van der Waals surface area contributed by atoms with Crippen LogP contribution >= 0.6 is 0 Å². The predicted molar refractivity (Wildman–Crippen MR) is 79.8 cm³/mol. The number of aromatic amines is 1. The molecule has 3 rings (SSSR count). The van der Waals surface area contributed by atoms with E-state index in [0.29, 0.717) is 13.0 Å². The van der Waals surface area contributed by atoms with Gasteiger partial charge in [-0.05, 0) is 37.7 Å². The van der Waals surface area contributed by atoms with E-state index in [1.807, 2.05) is 12.4 Å². The Kier molecular flexibility index (Phi) is 4.58. The van der Waals surface area contributed by atoms with Crippen molar-refractivity contribution in [2.45, 2.75) is 69.4 Å². The molecule has 1 aliphatic heterocycles. The summed E-state index contributed by atoms with van der Waals surface area (Å²) in [4.78, 5) is 12.0. The minimum Gasteiger partial charge on any atom is -0.373 e. The fraction of sp³-hybridized carbons (Fsp3) is 0.750. The van der Waals surface area contributed by atoms with Crippen molar-refractivity contribution >= 4 is 5.91 Å². The Labute approximate surface area is 125 Å². The number of carbonyl (C=O) groups excluding carboxylic acids is 1. The van der Waals surface area contributed by atoms with E-state index in [-0.39, 0.29) is 17.6 Å². The van der Waals surface area contributed by atoms with Crippen LogP contribution in [0.4, 0.5) is 0 Å². The summed E-state index contributed by atoms with van der Waals surface area (Å²) in [6, 6.07) is 0.213. The SMILES string of the molecule is O=C(CCCc1cn[nH]c1)NC1COC2(CCCCC2)C1. The van der Waals surface area contributed by atoms with Gasteiger partial charge in [-0.15, -0.1) is 0 Å². The second-order valence-electron chi connectivity index (χ2n) is 6.48. The number of hydrogen-bond acceptors (Lipinski definition) is 3. The van der Waals surface area contributed by atoms with Gasteiger partial charge in [0.15, 0.2) is 0 Å². The van der Waals surface area contributed by atoms with Gasteiger partial charge in [-0.3, -0.25) is 9.89 Å². The summed E-state index contributed by atoms with van der Waals surface area (Å²) in [7, 11) is 0. The highest BCUT2D eigenvalue weighted by molar-refractivity contribution is 5.76. The summed E-state index contributed by atoms with van der Waals surface area (Å²) in [5.41, 5.74) is 1.24. The van der Waals surface area contributed by atoms with Crippen LogP contribution in [0.2, 0.25) is 0 Å². The quantitative estimate of drug-likeness (QED) is 0.875. The minimum absolute atomic E-state index is 0.0764. The Morgan fingerprint density at radius 3 is 3.05 bits per heavy atom. The highest BCUT2D eigenvalue weighted by Gasteiger charge is 2.41. The van der Waals surface area contributed by atoms with Crippen molar-refractivity contribution in [1.82, 2.24) is 15.5 Å². The van der Waals surface area contributed by atoms with Gasteiger partial charge in [0.05, 0.1) is 24.4 Å². The van der Waals surface area contributed by atoms with Gasteiger partial charge in [-0.2, -0.15) is 5.10 Å². The molecule has 5 nitrogen and oxygen atoms in total. The summed E-state index contributed by atoms with van der Waals surface area (Å²) < 4.78 is 6.03. The summed E-state index contributed by atoms with van der Waals surface area (Å²) in [5, 5.41) is 9.84. The van der Waals surface area contributed by atoms with Crippen molar-refractivity contribution in [3.8, 4) is 0 Å². The molecule has 1 aromatic rings. The second kappa shape index (κ2) is 6.60. The van der Waals surface area contributed by atoms with E-state index in [2.05, 4.69) is 15.5 Å². The van der Waals surface area contributed by atoms with Gasteiger partial charge < -0.3 is 10.1 Å². The zero-order valence-electron chi connectivity index (χ0n) is 12.6. The van der Waals surface area contributed by atoms with Gasteiger partial charge in [0.1, 0.15) is 0 Å². The maximum absolute atomic E-state index is 12.0. The van der Waals surface area contributed by atoms with Crippen molar-refractivity contribution in [3.63, 3.8) is 0 Å². The maximum atomic E-state index is 12.0. The molecule has 0 radical (unpaired) electrons. The zero-order valence-corrected chi connectivity index (χ0v) is 12.6. The van der Waals surface area contributed by atoms with E-state index in [1.54, 1.807) is 0 Å². The normalized spacial score (nSPS) is 24.3. The fourth-order valence-corrected chi connectivity index (χ4v) is 3.65. The van der Waals surface area contributed by atoms with E-state index in [1.165, 1.54) is 32.1 Å². The highest BCUT2D eigenvalue weighted by Crippen LogP contribution is 2.39. The van der Waals surface area contributed by atoms with Gasteiger partial charge in [-0.25, -0.2) is 0 Å². The van der Waals surface area contributed by atoms with Crippen LogP contribution < -0.4 is 5.32 Å². The topological polar surface area (TPSA) is 67.0 Å². The molecule has 0 bridgehead atoms. The molecule has 116 valence electrons. The van der Waals surface area contributed by atoms with Crippen LogP contribution in [0.5, 0.6) is 0 Å². The average molecular weight is 291 g/mol. The number of amides is 1. The van der Waals surface area contributed by atoms with Crippen LogP contribution in [0, 0.1) is 0 Å². The third kappa shape index (κ3) is 3.84. The molecule has 1 spiro atoms. The second-order valence-corrected chi connectivity index (χ2v) is 6.48. The van der Waals surface area contributed by atoms with Crippen LogP contribution in [0.1, 0.15) is 56.9 Å². The van der Waals surface area contributed by atoms with Gasteiger partial charge in [0.25, 0.3) is 0 Å². The zero-order chi connectivity index (χ0) is 14.5. The molecular weight excluding hydrogens is 266 g/mol. The molecule has 2 heterocycles. The molecular formula is C16H25N3O2. The van der Waals surface area contributed by atoms with Gasteiger partial charge in [0.2, 0.25) is 5.91 Å². The van der Waals surface area contributed by atoms with Gasteiger partial charge in [-0.1, -0.05) is 19.3 Å². The number of ether oxygens (including phenoxy) is 1. The van der Waals surface area contributed by atoms with Crippen LogP contribution in [0.15, 0.2) is 12.4 Å². The standard InChI is InChI=1S/C16H25N3O2/c20-15(6-4-5-13-10-17-18-11-13)19-14-9-16(21-12-14)7-2-1-3-8-16/h10-11,14H,1-9,12H2,(H,17,18)(H,19,20). The summed E-state index contributed by atoms with van der Waals surface area (Å²) >= 11 is 0. The molecule has 0 aromatic carbocycles. The minimum atomic E-state index is 0.0764. The molecule has 1 saturated heterocycles. The molecule has 1 aromatic heterocycles. The lowest BCUT2D eigenvalue weighted by Crippen LogP contribution is -2.37. The smallest absolute Gasteiger partial charge is 0.220 e. The van der Waals surface area contributed by atoms with Crippen LogP contribution in [-0.2, 0) is 16.0 Å². The monoisotopic (exact) mass is 291 g/mol. The number of carbonyl (C=O) groups is 1. The molecule has 1 amide bonds. The van der Waals surface area contributed by atoms with Crippen LogP contribution in [0.3, 0.4) is 0 Å². The summed E-state index contributed by atoms with van der Waals surface area (Å²) in [5.74, 6) is 0.153. The number of hydrogen-bond donors (Lipinski definition) is 2. The largest absolute Gasteiger partial charge is 0.373 e.